The van der Waals surface area contributed by atoms with Gasteiger partial charge < -0.3 is 15.2 Å². The molecule has 92 valence electrons. The molecule has 2 N–H and O–H groups in total. The van der Waals surface area contributed by atoms with E-state index in [0.717, 1.165) is 26.1 Å². The van der Waals surface area contributed by atoms with Crippen LogP contribution in [-0.4, -0.2) is 35.3 Å². The third-order valence-electron chi connectivity index (χ3n) is 2.66. The molecule has 1 saturated heterocycles. The number of hydrogen-bond donors (Lipinski definition) is 2. The number of pyridine rings is 1. The molecule has 1 aromatic rings. The number of aromatic nitrogens is 1. The van der Waals surface area contributed by atoms with E-state index < -0.39 is 5.97 Å². The summed E-state index contributed by atoms with van der Waals surface area (Å²) in [5, 5.41) is 12.3. The second-order valence-electron chi connectivity index (χ2n) is 3.89. The summed E-state index contributed by atoms with van der Waals surface area (Å²) in [6, 6.07) is 1.74. The monoisotopic (exact) mass is 256 g/mol. The van der Waals surface area contributed by atoms with Crippen molar-refractivity contribution in [1.29, 1.82) is 0 Å². The number of hydrogen-bond acceptors (Lipinski definition) is 4. The molecule has 2 heterocycles. The van der Waals surface area contributed by atoms with Gasteiger partial charge in [-0.2, -0.15) is 0 Å². The number of nitrogens with zero attached hydrogens (tertiary/aromatic N) is 1. The molecule has 0 bridgehead atoms. The van der Waals surface area contributed by atoms with Crippen molar-refractivity contribution in [2.24, 2.45) is 0 Å². The predicted octanol–water partition coefficient (Wildman–Crippen LogP) is 2.02. The third kappa shape index (κ3) is 3.08. The summed E-state index contributed by atoms with van der Waals surface area (Å²) in [5.74, 6) is -0.508. The summed E-state index contributed by atoms with van der Waals surface area (Å²) in [5.41, 5.74) is 0.0660. The van der Waals surface area contributed by atoms with Crippen molar-refractivity contribution in [1.82, 2.24) is 4.98 Å². The van der Waals surface area contributed by atoms with Crippen LogP contribution in [0, 0.1) is 0 Å². The molecular formula is C11H13ClN2O3. The number of aromatic carboxylic acids is 1. The molecule has 17 heavy (non-hydrogen) atoms. The fraction of sp³-hybridized carbons (Fsp3) is 0.455. The van der Waals surface area contributed by atoms with Gasteiger partial charge in [0, 0.05) is 25.5 Å². The van der Waals surface area contributed by atoms with Crippen molar-refractivity contribution in [2.45, 2.75) is 18.9 Å². The zero-order chi connectivity index (χ0) is 12.3. The van der Waals surface area contributed by atoms with Crippen molar-refractivity contribution < 1.29 is 14.6 Å². The molecule has 0 spiro atoms. The maximum Gasteiger partial charge on any atom is 0.337 e. The highest BCUT2D eigenvalue weighted by molar-refractivity contribution is 6.33. The first-order valence-corrected chi connectivity index (χ1v) is 5.78. The number of anilines is 1. The van der Waals surface area contributed by atoms with Crippen molar-refractivity contribution in [3.8, 4) is 0 Å². The van der Waals surface area contributed by atoms with E-state index in [1.165, 1.54) is 12.3 Å². The number of ether oxygens (including phenoxy) is 1. The van der Waals surface area contributed by atoms with E-state index in [1.807, 2.05) is 0 Å². The van der Waals surface area contributed by atoms with Gasteiger partial charge in [-0.15, -0.1) is 0 Å². The fourth-order valence-corrected chi connectivity index (χ4v) is 1.92. The van der Waals surface area contributed by atoms with E-state index in [4.69, 9.17) is 21.4 Å². The SMILES string of the molecule is O=C(O)c1cc(NC2CCOCC2)ncc1Cl. The molecular weight excluding hydrogens is 244 g/mol. The van der Waals surface area contributed by atoms with Gasteiger partial charge in [-0.25, -0.2) is 9.78 Å². The van der Waals surface area contributed by atoms with Crippen molar-refractivity contribution in [2.75, 3.05) is 18.5 Å². The first-order chi connectivity index (χ1) is 8.16. The lowest BCUT2D eigenvalue weighted by atomic mass is 10.1. The van der Waals surface area contributed by atoms with Gasteiger partial charge in [-0.3, -0.25) is 0 Å². The lowest BCUT2D eigenvalue weighted by molar-refractivity contribution is 0.0697. The van der Waals surface area contributed by atoms with Crippen LogP contribution in [0.2, 0.25) is 5.02 Å². The summed E-state index contributed by atoms with van der Waals surface area (Å²) in [6.07, 6.45) is 3.14. The third-order valence-corrected chi connectivity index (χ3v) is 2.96. The maximum atomic E-state index is 10.9. The van der Waals surface area contributed by atoms with Crippen LogP contribution >= 0.6 is 11.6 Å². The molecule has 0 atom stereocenters. The summed E-state index contributed by atoms with van der Waals surface area (Å²) in [6.45, 7) is 1.44. The molecule has 6 heteroatoms. The molecule has 2 rings (SSSR count). The highest BCUT2D eigenvalue weighted by Gasteiger charge is 2.16. The average Bonchev–Trinajstić information content (AvgIpc) is 2.32. The van der Waals surface area contributed by atoms with Gasteiger partial charge in [-0.1, -0.05) is 11.6 Å². The molecule has 1 aliphatic heterocycles. The molecule has 0 amide bonds. The molecule has 1 aliphatic rings. The van der Waals surface area contributed by atoms with E-state index in [2.05, 4.69) is 10.3 Å². The first kappa shape index (κ1) is 12.1. The Labute approximate surface area is 104 Å². The lowest BCUT2D eigenvalue weighted by Gasteiger charge is -2.23. The van der Waals surface area contributed by atoms with Gasteiger partial charge in [-0.05, 0) is 18.9 Å². The second-order valence-corrected chi connectivity index (χ2v) is 4.29. The molecule has 1 fully saturated rings. The van der Waals surface area contributed by atoms with Gasteiger partial charge >= 0.3 is 5.97 Å². The van der Waals surface area contributed by atoms with Crippen LogP contribution in [-0.2, 0) is 4.74 Å². The van der Waals surface area contributed by atoms with E-state index >= 15 is 0 Å². The standard InChI is InChI=1S/C11H13ClN2O3/c12-9-6-13-10(5-8(9)11(15)16)14-7-1-3-17-4-2-7/h5-7H,1-4H2,(H,13,14)(H,15,16). The van der Waals surface area contributed by atoms with Crippen molar-refractivity contribution in [3.05, 3.63) is 22.8 Å². The average molecular weight is 257 g/mol. The minimum Gasteiger partial charge on any atom is -0.478 e. The van der Waals surface area contributed by atoms with E-state index in [0.29, 0.717) is 5.82 Å². The van der Waals surface area contributed by atoms with Crippen LogP contribution in [0.1, 0.15) is 23.2 Å². The Kier molecular flexibility index (Phi) is 3.81. The van der Waals surface area contributed by atoms with E-state index in [-0.39, 0.29) is 16.6 Å². The van der Waals surface area contributed by atoms with Gasteiger partial charge in [0.15, 0.2) is 0 Å². The molecule has 1 aromatic heterocycles. The minimum atomic E-state index is -1.05. The highest BCUT2D eigenvalue weighted by Crippen LogP contribution is 2.20. The zero-order valence-corrected chi connectivity index (χ0v) is 9.91. The Balaban J connectivity index is 2.10. The minimum absolute atomic E-state index is 0.0660. The Hall–Kier alpha value is -1.33. The van der Waals surface area contributed by atoms with Gasteiger partial charge in [0.2, 0.25) is 0 Å². The van der Waals surface area contributed by atoms with Gasteiger partial charge in [0.1, 0.15) is 5.82 Å². The number of carbonyl (C=O) groups is 1. The zero-order valence-electron chi connectivity index (χ0n) is 9.15. The Morgan fingerprint density at radius 1 is 1.53 bits per heavy atom. The molecule has 0 aromatic carbocycles. The predicted molar refractivity (Wildman–Crippen MR) is 63.7 cm³/mol. The van der Waals surface area contributed by atoms with Crippen molar-refractivity contribution in [3.63, 3.8) is 0 Å². The second kappa shape index (κ2) is 5.33. The molecule has 0 aliphatic carbocycles. The normalized spacial score (nSPS) is 16.8. The smallest absolute Gasteiger partial charge is 0.337 e. The number of nitrogens with one attached hydrogen (secondary N) is 1. The van der Waals surface area contributed by atoms with Crippen LogP contribution in [0.25, 0.3) is 0 Å². The van der Waals surface area contributed by atoms with Crippen LogP contribution in [0.15, 0.2) is 12.3 Å². The van der Waals surface area contributed by atoms with Crippen LogP contribution in [0.4, 0.5) is 5.82 Å². The molecule has 5 nitrogen and oxygen atoms in total. The molecule has 0 radical (unpaired) electrons. The van der Waals surface area contributed by atoms with E-state index in [1.54, 1.807) is 0 Å². The van der Waals surface area contributed by atoms with E-state index in [9.17, 15) is 4.79 Å². The highest BCUT2D eigenvalue weighted by atomic mass is 35.5. The molecule has 0 unspecified atom stereocenters. The summed E-state index contributed by atoms with van der Waals surface area (Å²) in [7, 11) is 0. The molecule has 0 saturated carbocycles. The first-order valence-electron chi connectivity index (χ1n) is 5.40. The number of carboxylic acids is 1. The summed E-state index contributed by atoms with van der Waals surface area (Å²) >= 11 is 5.74. The fourth-order valence-electron chi connectivity index (χ4n) is 1.73. The maximum absolute atomic E-state index is 10.9. The van der Waals surface area contributed by atoms with Crippen molar-refractivity contribution >= 4 is 23.4 Å². The number of rotatable bonds is 3. The van der Waals surface area contributed by atoms with Crippen LogP contribution in [0.5, 0.6) is 0 Å². The Morgan fingerprint density at radius 2 is 2.24 bits per heavy atom. The lowest BCUT2D eigenvalue weighted by Crippen LogP contribution is -2.28. The quantitative estimate of drug-likeness (QED) is 0.866. The largest absolute Gasteiger partial charge is 0.478 e. The number of carboxylic acid groups (broad SMARTS) is 1. The Bertz CT molecular complexity index is 419. The van der Waals surface area contributed by atoms with Crippen LogP contribution in [0.3, 0.4) is 0 Å². The van der Waals surface area contributed by atoms with Gasteiger partial charge in [0.05, 0.1) is 10.6 Å². The number of halogens is 1. The summed E-state index contributed by atoms with van der Waals surface area (Å²) < 4.78 is 5.24. The van der Waals surface area contributed by atoms with Crippen LogP contribution < -0.4 is 5.32 Å². The Morgan fingerprint density at radius 3 is 2.88 bits per heavy atom. The van der Waals surface area contributed by atoms with Gasteiger partial charge in [0.25, 0.3) is 0 Å². The topological polar surface area (TPSA) is 71.5 Å². The summed E-state index contributed by atoms with van der Waals surface area (Å²) in [4.78, 5) is 15.0.